The van der Waals surface area contributed by atoms with E-state index in [0.717, 1.165) is 66.3 Å². The van der Waals surface area contributed by atoms with E-state index in [1.807, 2.05) is 77.9 Å². The Labute approximate surface area is 238 Å². The van der Waals surface area contributed by atoms with Gasteiger partial charge in [-0.25, -0.2) is 14.4 Å². The van der Waals surface area contributed by atoms with Crippen molar-refractivity contribution in [2.75, 3.05) is 0 Å². The molecule has 3 rings (SSSR count). The van der Waals surface area contributed by atoms with Crippen LogP contribution in [-0.4, -0.2) is 17.9 Å². The first-order chi connectivity index (χ1) is 18.9. The molecule has 7 heteroatoms. The fourth-order valence-electron chi connectivity index (χ4n) is 4.40. The van der Waals surface area contributed by atoms with Crippen LogP contribution in [0.2, 0.25) is 0 Å². The normalized spacial score (nSPS) is 10.6. The Kier molecular flexibility index (Phi) is 9.56. The molecule has 6 nitrogen and oxygen atoms in total. The average molecular weight is 558 g/mol. The van der Waals surface area contributed by atoms with Gasteiger partial charge in [0, 0.05) is 54.6 Å². The van der Waals surface area contributed by atoms with Gasteiger partial charge in [-0.1, -0.05) is 19.7 Å². The number of carbonyl (C=O) groups excluding carboxylic acids is 3. The molecule has 0 fully saturated rings. The number of benzene rings is 3. The largest absolute Gasteiger partial charge is 0.423 e. The Hall–Kier alpha value is -4.36. The monoisotopic (exact) mass is 557 g/mol. The highest BCUT2D eigenvalue weighted by Gasteiger charge is 2.33. The van der Waals surface area contributed by atoms with Crippen molar-refractivity contribution in [1.82, 2.24) is 0 Å². The summed E-state index contributed by atoms with van der Waals surface area (Å²) in [5.41, 5.74) is 4.82. The van der Waals surface area contributed by atoms with Gasteiger partial charge in [-0.05, 0) is 74.9 Å². The number of hydrogen-bond donors (Lipinski definition) is 0. The third kappa shape index (κ3) is 6.61. The van der Waals surface area contributed by atoms with Crippen LogP contribution < -0.4 is 14.2 Å². The molecule has 0 aliphatic carbocycles. The molecular weight excluding hydrogens is 524 g/mol. The summed E-state index contributed by atoms with van der Waals surface area (Å²) in [6.07, 6.45) is 3.40. The molecule has 0 unspecified atom stereocenters. The molecule has 0 radical (unpaired) electrons. The summed E-state index contributed by atoms with van der Waals surface area (Å²) in [6, 6.07) is 12.1. The quantitative estimate of drug-likeness (QED) is 0.123. The van der Waals surface area contributed by atoms with Gasteiger partial charge in [0.25, 0.3) is 0 Å². The van der Waals surface area contributed by atoms with Crippen LogP contribution >= 0.6 is 0 Å². The highest BCUT2D eigenvalue weighted by molar-refractivity contribution is 7.97. The van der Waals surface area contributed by atoms with Gasteiger partial charge in [-0.3, -0.25) is 0 Å². The molecule has 40 heavy (non-hydrogen) atoms. The van der Waals surface area contributed by atoms with Crippen molar-refractivity contribution in [3.8, 4) is 17.2 Å². The number of ether oxygens (including phenoxy) is 3. The van der Waals surface area contributed by atoms with Crippen molar-refractivity contribution in [1.29, 1.82) is 0 Å². The van der Waals surface area contributed by atoms with Crippen molar-refractivity contribution in [2.24, 2.45) is 0 Å². The Bertz CT molecular complexity index is 1300. The first-order valence-corrected chi connectivity index (χ1v) is 13.7. The first kappa shape index (κ1) is 30.2. The van der Waals surface area contributed by atoms with Crippen molar-refractivity contribution in [3.63, 3.8) is 0 Å². The average Bonchev–Trinajstić information content (AvgIpc) is 2.90. The lowest BCUT2D eigenvalue weighted by Gasteiger charge is -2.17. The Morgan fingerprint density at radius 3 is 0.875 bits per heavy atom. The fourth-order valence-corrected chi connectivity index (χ4v) is 6.99. The summed E-state index contributed by atoms with van der Waals surface area (Å²) >= 11 is 0. The van der Waals surface area contributed by atoms with Crippen LogP contribution in [0.5, 0.6) is 17.2 Å². The van der Waals surface area contributed by atoms with Crippen LogP contribution in [0.4, 0.5) is 0 Å². The molecule has 0 spiro atoms. The number of rotatable bonds is 9. The van der Waals surface area contributed by atoms with Gasteiger partial charge >= 0.3 is 17.9 Å². The van der Waals surface area contributed by atoms with Crippen LogP contribution in [0.25, 0.3) is 0 Å². The summed E-state index contributed by atoms with van der Waals surface area (Å²) in [5, 5.41) is 0. The molecule has 0 aromatic heterocycles. The maximum absolute atomic E-state index is 11.9. The lowest BCUT2D eigenvalue weighted by atomic mass is 10.1. The maximum atomic E-state index is 11.9. The SMILES string of the molecule is C=CC(=O)Oc1c(C)cc([S+](c2cc(C)c(OC(=O)C=C)c(C)c2)c2cc(C)c(OC(=O)C=C)c(C)c2)cc1C. The second-order valence-corrected chi connectivity index (χ2v) is 11.4. The van der Waals surface area contributed by atoms with E-state index >= 15 is 0 Å². The molecule has 3 aromatic carbocycles. The van der Waals surface area contributed by atoms with Crippen molar-refractivity contribution < 1.29 is 28.6 Å². The van der Waals surface area contributed by atoms with Crippen LogP contribution in [0.1, 0.15) is 33.4 Å². The first-order valence-electron chi connectivity index (χ1n) is 12.5. The van der Waals surface area contributed by atoms with Gasteiger partial charge in [-0.2, -0.15) is 0 Å². The van der Waals surface area contributed by atoms with Crippen molar-refractivity contribution in [2.45, 2.75) is 56.2 Å². The fraction of sp³-hybridized carbons (Fsp3) is 0.182. The van der Waals surface area contributed by atoms with Gasteiger partial charge in [-0.15, -0.1) is 0 Å². The van der Waals surface area contributed by atoms with Gasteiger partial charge in [0.1, 0.15) is 17.2 Å². The number of hydrogen-bond acceptors (Lipinski definition) is 6. The van der Waals surface area contributed by atoms with E-state index in [1.165, 1.54) is 0 Å². The zero-order valence-electron chi connectivity index (χ0n) is 23.7. The predicted octanol–water partition coefficient (Wildman–Crippen LogP) is 6.91. The van der Waals surface area contributed by atoms with Crippen LogP contribution in [-0.2, 0) is 25.3 Å². The van der Waals surface area contributed by atoms with Gasteiger partial charge < -0.3 is 14.2 Å². The zero-order chi connectivity index (χ0) is 29.7. The molecule has 0 saturated heterocycles. The van der Waals surface area contributed by atoms with E-state index in [9.17, 15) is 14.4 Å². The number of esters is 3. The second-order valence-electron chi connectivity index (χ2n) is 9.34. The van der Waals surface area contributed by atoms with E-state index in [4.69, 9.17) is 14.2 Å². The third-order valence-corrected chi connectivity index (χ3v) is 8.24. The number of carbonyl (C=O) groups is 3. The molecule has 3 aromatic rings. The second kappa shape index (κ2) is 12.7. The van der Waals surface area contributed by atoms with Crippen LogP contribution in [0.3, 0.4) is 0 Å². The van der Waals surface area contributed by atoms with E-state index in [1.54, 1.807) is 0 Å². The lowest BCUT2D eigenvalue weighted by molar-refractivity contribution is -0.129. The predicted molar refractivity (Wildman–Crippen MR) is 157 cm³/mol. The number of aryl methyl sites for hydroxylation is 6. The molecule has 206 valence electrons. The lowest BCUT2D eigenvalue weighted by Crippen LogP contribution is -2.12. The molecule has 0 bridgehead atoms. The van der Waals surface area contributed by atoms with E-state index in [2.05, 4.69) is 19.7 Å². The van der Waals surface area contributed by atoms with Gasteiger partial charge in [0.05, 0.1) is 10.9 Å². The smallest absolute Gasteiger partial charge is 0.335 e. The molecular formula is C33H33O6S+. The minimum atomic E-state index is -0.626. The summed E-state index contributed by atoms with van der Waals surface area (Å²) in [6.45, 7) is 21.8. The molecule has 0 heterocycles. The summed E-state index contributed by atoms with van der Waals surface area (Å²) in [7, 11) is -0.626. The standard InChI is InChI=1S/C33H33O6S/c1-10-28(34)37-31-19(4)13-25(14-20(31)5)40(26-15-21(6)32(22(7)16-26)38-29(35)11-2)27-17-23(8)33(24(9)18-27)39-30(36)12-3/h10-18H,1-3H2,4-9H3/q+1. The van der Waals surface area contributed by atoms with E-state index in [0.29, 0.717) is 17.2 Å². The Morgan fingerprint density at radius 2 is 0.700 bits per heavy atom. The van der Waals surface area contributed by atoms with Crippen molar-refractivity contribution in [3.05, 3.63) is 108 Å². The maximum Gasteiger partial charge on any atom is 0.335 e. The van der Waals surface area contributed by atoms with Gasteiger partial charge in [0.2, 0.25) is 0 Å². The van der Waals surface area contributed by atoms with Gasteiger partial charge in [0.15, 0.2) is 14.7 Å². The molecule has 0 aliphatic heterocycles. The highest BCUT2D eigenvalue weighted by Crippen LogP contribution is 2.40. The zero-order valence-corrected chi connectivity index (χ0v) is 24.5. The summed E-state index contributed by atoms with van der Waals surface area (Å²) in [4.78, 5) is 38.8. The van der Waals surface area contributed by atoms with Crippen molar-refractivity contribution >= 4 is 28.8 Å². The highest BCUT2D eigenvalue weighted by atomic mass is 32.2. The third-order valence-electron chi connectivity index (χ3n) is 6.12. The minimum Gasteiger partial charge on any atom is -0.423 e. The molecule has 0 saturated carbocycles. The Balaban J connectivity index is 2.26. The summed E-state index contributed by atoms with van der Waals surface area (Å²) in [5.74, 6) is -0.0832. The molecule has 0 amide bonds. The molecule has 0 atom stereocenters. The van der Waals surface area contributed by atoms with Crippen LogP contribution in [0.15, 0.2) is 89.0 Å². The molecule has 0 aliphatic rings. The van der Waals surface area contributed by atoms with E-state index in [-0.39, 0.29) is 0 Å². The minimum absolute atomic E-state index is 0.496. The van der Waals surface area contributed by atoms with Crippen LogP contribution in [0, 0.1) is 41.5 Å². The summed E-state index contributed by atoms with van der Waals surface area (Å²) < 4.78 is 16.5. The van der Waals surface area contributed by atoms with E-state index < -0.39 is 28.8 Å². The molecule has 0 N–H and O–H groups in total. The topological polar surface area (TPSA) is 78.9 Å². The Morgan fingerprint density at radius 1 is 0.500 bits per heavy atom.